The molecule has 0 radical (unpaired) electrons. The Morgan fingerprint density at radius 3 is 1.48 bits per heavy atom. The molecule has 13 aromatic rings. The van der Waals surface area contributed by atoms with Crippen LogP contribution < -0.4 is 0 Å². The lowest BCUT2D eigenvalue weighted by Gasteiger charge is -2.12. The van der Waals surface area contributed by atoms with Gasteiger partial charge in [-0.3, -0.25) is 0 Å². The van der Waals surface area contributed by atoms with E-state index in [0.717, 1.165) is 99.5 Å². The van der Waals surface area contributed by atoms with E-state index in [-0.39, 0.29) is 0 Å². The highest BCUT2D eigenvalue weighted by atomic mass is 16.3. The number of hydrogen-bond donors (Lipinski definition) is 0. The van der Waals surface area contributed by atoms with E-state index in [9.17, 15) is 0 Å². The Kier molecular flexibility index (Phi) is 7.80. The quantitative estimate of drug-likeness (QED) is 0.167. The molecule has 0 aliphatic heterocycles. The molecule has 0 spiro atoms. The molecule has 0 saturated heterocycles. The minimum Gasteiger partial charge on any atom is -0.456 e. The second kappa shape index (κ2) is 14.0. The van der Waals surface area contributed by atoms with Crippen LogP contribution in [0.25, 0.3) is 128 Å². The molecular formula is C57H34N4O2. The largest absolute Gasteiger partial charge is 0.456 e. The molecule has 9 aromatic carbocycles. The van der Waals surface area contributed by atoms with Crippen molar-refractivity contribution >= 4 is 65.7 Å². The fourth-order valence-electron chi connectivity index (χ4n) is 9.20. The van der Waals surface area contributed by atoms with Crippen molar-refractivity contribution in [1.82, 2.24) is 19.5 Å². The molecule has 0 bridgehead atoms. The van der Waals surface area contributed by atoms with Gasteiger partial charge in [0.2, 0.25) is 0 Å². The summed E-state index contributed by atoms with van der Waals surface area (Å²) in [6, 6.07) is 71.8. The Morgan fingerprint density at radius 2 is 0.746 bits per heavy atom. The third kappa shape index (κ3) is 5.84. The molecule has 0 aliphatic rings. The number of para-hydroxylation sites is 2. The van der Waals surface area contributed by atoms with E-state index < -0.39 is 0 Å². The van der Waals surface area contributed by atoms with Crippen molar-refractivity contribution < 1.29 is 8.83 Å². The zero-order valence-electron chi connectivity index (χ0n) is 33.7. The molecule has 6 nitrogen and oxygen atoms in total. The van der Waals surface area contributed by atoms with Crippen LogP contribution in [-0.2, 0) is 0 Å². The Labute approximate surface area is 361 Å². The van der Waals surface area contributed by atoms with Crippen molar-refractivity contribution in [3.63, 3.8) is 0 Å². The smallest absolute Gasteiger partial charge is 0.164 e. The minimum atomic E-state index is 0.627. The average Bonchev–Trinajstić information content (AvgIpc) is 4.02. The second-order valence-electron chi connectivity index (χ2n) is 16.0. The zero-order valence-corrected chi connectivity index (χ0v) is 33.7. The number of benzene rings is 9. The van der Waals surface area contributed by atoms with Crippen molar-refractivity contribution in [2.24, 2.45) is 0 Å². The molecule has 6 heteroatoms. The molecule has 0 atom stereocenters. The lowest BCUT2D eigenvalue weighted by atomic mass is 10.0. The molecule has 0 saturated carbocycles. The fourth-order valence-corrected chi connectivity index (χ4v) is 9.20. The predicted octanol–water partition coefficient (Wildman–Crippen LogP) is 15.1. The topological polar surface area (TPSA) is 69.9 Å². The lowest BCUT2D eigenvalue weighted by Crippen LogP contribution is -2.00. The molecule has 0 unspecified atom stereocenters. The monoisotopic (exact) mass is 806 g/mol. The molecule has 4 aromatic heterocycles. The Morgan fingerprint density at radius 1 is 0.270 bits per heavy atom. The van der Waals surface area contributed by atoms with E-state index in [0.29, 0.717) is 17.5 Å². The Hall–Kier alpha value is -8.61. The Bertz CT molecular complexity index is 3860. The average molecular weight is 807 g/mol. The summed E-state index contributed by atoms with van der Waals surface area (Å²) in [6.07, 6.45) is 0. The first-order chi connectivity index (χ1) is 31.2. The maximum atomic E-state index is 6.41. The van der Waals surface area contributed by atoms with Crippen molar-refractivity contribution in [2.45, 2.75) is 0 Å². The molecule has 63 heavy (non-hydrogen) atoms. The van der Waals surface area contributed by atoms with Gasteiger partial charge in [0.25, 0.3) is 0 Å². The van der Waals surface area contributed by atoms with Gasteiger partial charge in [-0.05, 0) is 89.0 Å². The maximum Gasteiger partial charge on any atom is 0.164 e. The molecule has 294 valence electrons. The van der Waals surface area contributed by atoms with Gasteiger partial charge in [-0.2, -0.15) is 0 Å². The van der Waals surface area contributed by atoms with E-state index >= 15 is 0 Å². The number of fused-ring (bicyclic) bond motifs is 9. The highest BCUT2D eigenvalue weighted by Crippen LogP contribution is 2.40. The van der Waals surface area contributed by atoms with E-state index in [2.05, 4.69) is 132 Å². The summed E-state index contributed by atoms with van der Waals surface area (Å²) in [5.74, 6) is 1.91. The number of aromatic nitrogens is 4. The summed E-state index contributed by atoms with van der Waals surface area (Å²) >= 11 is 0. The molecule has 4 heterocycles. The van der Waals surface area contributed by atoms with Gasteiger partial charge in [-0.25, -0.2) is 15.0 Å². The first-order valence-electron chi connectivity index (χ1n) is 21.1. The van der Waals surface area contributed by atoms with Crippen LogP contribution in [0.1, 0.15) is 0 Å². The summed E-state index contributed by atoms with van der Waals surface area (Å²) in [4.78, 5) is 14.9. The molecule has 0 amide bonds. The third-order valence-corrected chi connectivity index (χ3v) is 12.2. The van der Waals surface area contributed by atoms with Crippen LogP contribution in [0, 0.1) is 0 Å². The van der Waals surface area contributed by atoms with Crippen LogP contribution in [0.2, 0.25) is 0 Å². The molecular weight excluding hydrogens is 773 g/mol. The van der Waals surface area contributed by atoms with Gasteiger partial charge in [0.05, 0.1) is 11.0 Å². The number of rotatable bonds is 6. The Balaban J connectivity index is 0.892. The number of nitrogens with zero attached hydrogens (tertiary/aromatic N) is 4. The van der Waals surface area contributed by atoms with E-state index in [4.69, 9.17) is 23.8 Å². The summed E-state index contributed by atoms with van der Waals surface area (Å²) in [5.41, 5.74) is 14.1. The van der Waals surface area contributed by atoms with Crippen molar-refractivity contribution in [1.29, 1.82) is 0 Å². The van der Waals surface area contributed by atoms with Crippen LogP contribution in [0.5, 0.6) is 0 Å². The van der Waals surface area contributed by atoms with Crippen molar-refractivity contribution in [3.8, 4) is 62.1 Å². The van der Waals surface area contributed by atoms with Crippen LogP contribution in [-0.4, -0.2) is 19.5 Å². The second-order valence-corrected chi connectivity index (χ2v) is 16.0. The van der Waals surface area contributed by atoms with Gasteiger partial charge in [0.1, 0.15) is 22.3 Å². The fraction of sp³-hybridized carbons (Fsp3) is 0. The van der Waals surface area contributed by atoms with Gasteiger partial charge in [-0.15, -0.1) is 0 Å². The molecule has 0 fully saturated rings. The third-order valence-electron chi connectivity index (χ3n) is 12.2. The van der Waals surface area contributed by atoms with E-state index in [1.54, 1.807) is 0 Å². The minimum absolute atomic E-state index is 0.627. The summed E-state index contributed by atoms with van der Waals surface area (Å²) < 4.78 is 15.0. The SMILES string of the molecule is c1ccc(-c2nc(-c3ccccc3)nc(-c3cccc(-c4cccc(-n5c6ccccc6c6cc(-c7ccc8oc9cc%10c(cc9c8c7)oc7ccccc7%10)ccc65)c4)c3)n2)cc1. The van der Waals surface area contributed by atoms with E-state index in [1.807, 2.05) is 78.9 Å². The number of hydrogen-bond acceptors (Lipinski definition) is 5. The van der Waals surface area contributed by atoms with E-state index in [1.165, 1.54) is 10.8 Å². The molecule has 13 rings (SSSR count). The van der Waals surface area contributed by atoms with Gasteiger partial charge in [-0.1, -0.05) is 140 Å². The van der Waals surface area contributed by atoms with Crippen molar-refractivity contribution in [2.75, 3.05) is 0 Å². The molecule has 0 N–H and O–H groups in total. The standard InChI is InChI=1S/C57H34N4O2/c1-3-13-35(14-4-1)55-58-56(36-15-5-2-6-16-36)60-57(59-55)41-19-11-17-37(29-41)38-18-12-20-42(30-38)61-49-23-9-7-21-43(49)45-31-39(25-27-50(45)61)40-26-28-52-46(32-40)48-34-53-47(33-54(48)63-52)44-22-8-10-24-51(44)62-53/h1-34H. The number of furan rings is 2. The first kappa shape index (κ1) is 35.2. The first-order valence-corrected chi connectivity index (χ1v) is 21.1. The van der Waals surface area contributed by atoms with Crippen LogP contribution in [0.4, 0.5) is 0 Å². The normalized spacial score (nSPS) is 11.8. The van der Waals surface area contributed by atoms with Crippen molar-refractivity contribution in [3.05, 3.63) is 206 Å². The van der Waals surface area contributed by atoms with Crippen LogP contribution in [0.15, 0.2) is 215 Å². The predicted molar refractivity (Wildman–Crippen MR) is 256 cm³/mol. The van der Waals surface area contributed by atoms with Crippen LogP contribution >= 0.6 is 0 Å². The maximum absolute atomic E-state index is 6.41. The van der Waals surface area contributed by atoms with Gasteiger partial charge in [0, 0.05) is 54.7 Å². The van der Waals surface area contributed by atoms with Gasteiger partial charge < -0.3 is 13.4 Å². The summed E-state index contributed by atoms with van der Waals surface area (Å²) in [7, 11) is 0. The molecule has 0 aliphatic carbocycles. The highest BCUT2D eigenvalue weighted by molar-refractivity contribution is 6.16. The highest BCUT2D eigenvalue weighted by Gasteiger charge is 2.18. The van der Waals surface area contributed by atoms with Gasteiger partial charge in [0.15, 0.2) is 17.5 Å². The van der Waals surface area contributed by atoms with Gasteiger partial charge >= 0.3 is 0 Å². The van der Waals surface area contributed by atoms with Crippen LogP contribution in [0.3, 0.4) is 0 Å². The summed E-state index contributed by atoms with van der Waals surface area (Å²) in [6.45, 7) is 0. The lowest BCUT2D eigenvalue weighted by molar-refractivity contribution is 0.664. The summed E-state index contributed by atoms with van der Waals surface area (Å²) in [5, 5.41) is 6.65. The zero-order chi connectivity index (χ0) is 41.4.